The average molecular weight is 314 g/mol. The van der Waals surface area contributed by atoms with Crippen LogP contribution in [0.1, 0.15) is 52.4 Å². The first kappa shape index (κ1) is 16.3. The van der Waals surface area contributed by atoms with Crippen molar-refractivity contribution in [2.24, 2.45) is 0 Å². The zero-order valence-corrected chi connectivity index (χ0v) is 13.8. The van der Waals surface area contributed by atoms with Gasteiger partial charge in [0.25, 0.3) is 0 Å². The van der Waals surface area contributed by atoms with E-state index in [2.05, 4.69) is 12.0 Å². The molecule has 2 heterocycles. The number of nitrogens with two attached hydrogens (primary N) is 1. The summed E-state index contributed by atoms with van der Waals surface area (Å²) in [4.78, 5) is 0.166. The third-order valence-corrected chi connectivity index (χ3v) is 5.96. The third kappa shape index (κ3) is 3.40. The van der Waals surface area contributed by atoms with E-state index in [4.69, 9.17) is 5.73 Å². The topological polar surface area (TPSA) is 81.2 Å². The maximum Gasteiger partial charge on any atom is 0.248 e. The van der Waals surface area contributed by atoms with Gasteiger partial charge in [0, 0.05) is 25.3 Å². The standard InChI is InChI=1S/C14H26N4O2S/c1-3-7-12-8-5-6-10-18(12)21(19,20)13-11-17(9-4-2)16-14(13)15/h11-12H,3-10H2,1-2H3,(H2,15,16). The van der Waals surface area contributed by atoms with Crippen molar-refractivity contribution in [2.45, 2.75) is 69.9 Å². The van der Waals surface area contributed by atoms with E-state index in [9.17, 15) is 8.42 Å². The second-order valence-corrected chi connectivity index (χ2v) is 7.55. The Morgan fingerprint density at radius 1 is 1.33 bits per heavy atom. The molecule has 0 radical (unpaired) electrons. The monoisotopic (exact) mass is 314 g/mol. The van der Waals surface area contributed by atoms with Crippen molar-refractivity contribution in [1.29, 1.82) is 0 Å². The van der Waals surface area contributed by atoms with Crippen molar-refractivity contribution < 1.29 is 8.42 Å². The maximum atomic E-state index is 12.9. The Hall–Kier alpha value is -1.08. The molecule has 0 aromatic carbocycles. The molecule has 1 aromatic rings. The fraction of sp³-hybridized carbons (Fsp3) is 0.786. The van der Waals surface area contributed by atoms with Gasteiger partial charge in [-0.05, 0) is 25.7 Å². The first-order valence-corrected chi connectivity index (χ1v) is 9.29. The van der Waals surface area contributed by atoms with Crippen LogP contribution in [0.4, 0.5) is 5.82 Å². The smallest absolute Gasteiger partial charge is 0.248 e. The summed E-state index contributed by atoms with van der Waals surface area (Å²) in [7, 11) is -3.54. The van der Waals surface area contributed by atoms with Crippen molar-refractivity contribution in [3.05, 3.63) is 6.20 Å². The highest BCUT2D eigenvalue weighted by Gasteiger charge is 2.35. The molecule has 0 saturated carbocycles. The first-order valence-electron chi connectivity index (χ1n) is 7.85. The number of nitrogens with zero attached hydrogens (tertiary/aromatic N) is 3. The minimum Gasteiger partial charge on any atom is -0.381 e. The molecule has 120 valence electrons. The summed E-state index contributed by atoms with van der Waals surface area (Å²) in [5, 5.41) is 4.12. The molecular weight excluding hydrogens is 288 g/mol. The van der Waals surface area contributed by atoms with E-state index in [0.717, 1.165) is 38.5 Å². The van der Waals surface area contributed by atoms with Crippen LogP contribution in [0.2, 0.25) is 0 Å². The van der Waals surface area contributed by atoms with Gasteiger partial charge in [-0.15, -0.1) is 0 Å². The summed E-state index contributed by atoms with van der Waals surface area (Å²) >= 11 is 0. The minimum absolute atomic E-state index is 0.0997. The van der Waals surface area contributed by atoms with Gasteiger partial charge in [0.1, 0.15) is 4.90 Å². The van der Waals surface area contributed by atoms with Gasteiger partial charge in [0.2, 0.25) is 10.0 Å². The molecule has 1 aromatic heterocycles. The summed E-state index contributed by atoms with van der Waals surface area (Å²) in [6, 6.07) is 0.0997. The van der Waals surface area contributed by atoms with Gasteiger partial charge in [-0.3, -0.25) is 4.68 Å². The second kappa shape index (κ2) is 6.79. The van der Waals surface area contributed by atoms with Crippen LogP contribution >= 0.6 is 0 Å². The van der Waals surface area contributed by atoms with E-state index in [-0.39, 0.29) is 16.8 Å². The van der Waals surface area contributed by atoms with Crippen LogP contribution in [0.25, 0.3) is 0 Å². The molecule has 1 aliphatic rings. The highest BCUT2D eigenvalue weighted by atomic mass is 32.2. The van der Waals surface area contributed by atoms with Crippen LogP contribution in [-0.4, -0.2) is 35.1 Å². The summed E-state index contributed by atoms with van der Waals surface area (Å²) in [6.07, 6.45) is 7.32. The second-order valence-electron chi connectivity index (χ2n) is 5.70. The van der Waals surface area contributed by atoms with Crippen molar-refractivity contribution >= 4 is 15.8 Å². The Bertz CT molecular complexity index is 566. The SMILES string of the molecule is CCCC1CCCCN1S(=O)(=O)c1cn(CCC)nc1N. The summed E-state index contributed by atoms with van der Waals surface area (Å²) in [5.74, 6) is 0.115. The van der Waals surface area contributed by atoms with Crippen molar-refractivity contribution in [1.82, 2.24) is 14.1 Å². The first-order chi connectivity index (χ1) is 10.0. The molecule has 1 aliphatic heterocycles. The van der Waals surface area contributed by atoms with Gasteiger partial charge >= 0.3 is 0 Å². The molecule has 1 fully saturated rings. The lowest BCUT2D eigenvalue weighted by Crippen LogP contribution is -2.43. The molecule has 0 bridgehead atoms. The van der Waals surface area contributed by atoms with Gasteiger partial charge in [0.05, 0.1) is 0 Å². The van der Waals surface area contributed by atoms with Crippen molar-refractivity contribution in [3.63, 3.8) is 0 Å². The Morgan fingerprint density at radius 2 is 2.10 bits per heavy atom. The predicted octanol–water partition coefficient (Wildman–Crippen LogP) is 2.22. The number of hydrogen-bond acceptors (Lipinski definition) is 4. The molecule has 7 heteroatoms. The van der Waals surface area contributed by atoms with E-state index >= 15 is 0 Å². The van der Waals surface area contributed by atoms with E-state index in [1.165, 1.54) is 0 Å². The normalized spacial score (nSPS) is 20.8. The Labute approximate surface area is 127 Å². The molecule has 1 unspecified atom stereocenters. The molecule has 0 amide bonds. The van der Waals surface area contributed by atoms with E-state index in [0.29, 0.717) is 13.1 Å². The Morgan fingerprint density at radius 3 is 2.76 bits per heavy atom. The number of aromatic nitrogens is 2. The van der Waals surface area contributed by atoms with Crippen LogP contribution in [-0.2, 0) is 16.6 Å². The van der Waals surface area contributed by atoms with Crippen LogP contribution < -0.4 is 5.73 Å². The molecule has 2 N–H and O–H groups in total. The molecule has 0 aliphatic carbocycles. The van der Waals surface area contributed by atoms with E-state index < -0.39 is 10.0 Å². The van der Waals surface area contributed by atoms with Gasteiger partial charge in [-0.1, -0.05) is 26.7 Å². The predicted molar refractivity (Wildman–Crippen MR) is 83.4 cm³/mol. The van der Waals surface area contributed by atoms with Crippen molar-refractivity contribution in [3.8, 4) is 0 Å². The summed E-state index contributed by atoms with van der Waals surface area (Å²) in [5.41, 5.74) is 5.85. The van der Waals surface area contributed by atoms with E-state index in [1.54, 1.807) is 15.2 Å². The molecular formula is C14H26N4O2S. The third-order valence-electron chi connectivity index (χ3n) is 3.99. The average Bonchev–Trinajstić information content (AvgIpc) is 2.82. The number of nitrogen functional groups attached to an aromatic ring is 1. The highest BCUT2D eigenvalue weighted by Crippen LogP contribution is 2.29. The maximum absolute atomic E-state index is 12.9. The van der Waals surface area contributed by atoms with Gasteiger partial charge in [0.15, 0.2) is 5.82 Å². The van der Waals surface area contributed by atoms with Crippen LogP contribution in [0.5, 0.6) is 0 Å². The molecule has 6 nitrogen and oxygen atoms in total. The lowest BCUT2D eigenvalue weighted by Gasteiger charge is -2.34. The quantitative estimate of drug-likeness (QED) is 0.873. The summed E-state index contributed by atoms with van der Waals surface area (Å²) in [6.45, 7) is 5.38. The number of aryl methyl sites for hydroxylation is 1. The lowest BCUT2D eigenvalue weighted by atomic mass is 10.0. The highest BCUT2D eigenvalue weighted by molar-refractivity contribution is 7.89. The van der Waals surface area contributed by atoms with Gasteiger partial charge in [-0.2, -0.15) is 9.40 Å². The van der Waals surface area contributed by atoms with Crippen LogP contribution in [0, 0.1) is 0 Å². The number of sulfonamides is 1. The van der Waals surface area contributed by atoms with Crippen LogP contribution in [0.3, 0.4) is 0 Å². The van der Waals surface area contributed by atoms with Gasteiger partial charge in [-0.25, -0.2) is 8.42 Å². The molecule has 2 rings (SSSR count). The van der Waals surface area contributed by atoms with Gasteiger partial charge < -0.3 is 5.73 Å². The lowest BCUT2D eigenvalue weighted by molar-refractivity contribution is 0.239. The largest absolute Gasteiger partial charge is 0.381 e. The number of piperidine rings is 1. The molecule has 21 heavy (non-hydrogen) atoms. The number of anilines is 1. The number of hydrogen-bond donors (Lipinski definition) is 1. The fourth-order valence-corrected chi connectivity index (χ4v) is 4.78. The number of rotatable bonds is 6. The molecule has 1 atom stereocenters. The van der Waals surface area contributed by atoms with Crippen LogP contribution in [0.15, 0.2) is 11.1 Å². The fourth-order valence-electron chi connectivity index (χ4n) is 3.00. The Kier molecular flexibility index (Phi) is 5.27. The summed E-state index contributed by atoms with van der Waals surface area (Å²) < 4.78 is 29.1. The zero-order chi connectivity index (χ0) is 15.5. The minimum atomic E-state index is -3.54. The Balaban J connectivity index is 2.31. The van der Waals surface area contributed by atoms with E-state index in [1.807, 2.05) is 6.92 Å². The zero-order valence-electron chi connectivity index (χ0n) is 13.0. The molecule has 0 spiro atoms. The van der Waals surface area contributed by atoms with Crippen molar-refractivity contribution in [2.75, 3.05) is 12.3 Å². The molecule has 1 saturated heterocycles.